The van der Waals surface area contributed by atoms with Gasteiger partial charge in [-0.1, -0.05) is 57.1 Å². The van der Waals surface area contributed by atoms with Crippen LogP contribution in [0.1, 0.15) is 52.2 Å². The Balaban J connectivity index is -0.000000401. The second-order valence-electron chi connectivity index (χ2n) is 5.95. The van der Waals surface area contributed by atoms with E-state index in [0.29, 0.717) is 0 Å². The molecule has 0 aromatic heterocycles. The van der Waals surface area contributed by atoms with Crippen LogP contribution in [0.2, 0.25) is 0 Å². The van der Waals surface area contributed by atoms with Crippen molar-refractivity contribution in [2.24, 2.45) is 0 Å². The van der Waals surface area contributed by atoms with Crippen molar-refractivity contribution in [1.29, 1.82) is 0 Å². The zero-order chi connectivity index (χ0) is 14.5. The van der Waals surface area contributed by atoms with E-state index in [4.69, 9.17) is 5.73 Å². The van der Waals surface area contributed by atoms with Crippen LogP contribution in [-0.2, 0) is 21.7 Å². The quantitative estimate of drug-likeness (QED) is 0.508. The monoisotopic (exact) mass is 373 g/mol. The number of rotatable bonds is 2. The summed E-state index contributed by atoms with van der Waals surface area (Å²) < 4.78 is 0. The fourth-order valence-corrected chi connectivity index (χ4v) is 1.89. The van der Waals surface area contributed by atoms with Crippen molar-refractivity contribution in [3.8, 4) is 0 Å². The molecule has 1 aliphatic rings. The normalized spacial score (nSPS) is 12.3. The number of hydrogen-bond acceptors (Lipinski definition) is 0. The van der Waals surface area contributed by atoms with Gasteiger partial charge in [0.15, 0.2) is 0 Å². The van der Waals surface area contributed by atoms with Crippen LogP contribution in [0.4, 0.5) is 0 Å². The molecule has 2 rings (SSSR count). The van der Waals surface area contributed by atoms with E-state index < -0.39 is 0 Å². The minimum atomic E-state index is -0.250. The van der Waals surface area contributed by atoms with Gasteiger partial charge in [-0.3, -0.25) is 0 Å². The summed E-state index contributed by atoms with van der Waals surface area (Å²) in [6, 6.07) is 8.57. The van der Waals surface area contributed by atoms with Gasteiger partial charge in [0, 0.05) is 0 Å². The molecule has 1 aliphatic carbocycles. The van der Waals surface area contributed by atoms with Crippen LogP contribution in [0.3, 0.4) is 0 Å². The fraction of sp³-hybridized carbons (Fsp3) is 0.389. The van der Waals surface area contributed by atoms with Crippen molar-refractivity contribution in [3.63, 3.8) is 0 Å². The first-order valence-electron chi connectivity index (χ1n) is 6.82. The number of hydrogen-bond donors (Lipinski definition) is 0. The average molecular weight is 374 g/mol. The smallest absolute Gasteiger partial charge is 1.00 e. The van der Waals surface area contributed by atoms with E-state index in [1.54, 1.807) is 0 Å². The van der Waals surface area contributed by atoms with Crippen LogP contribution in [0, 0.1) is 6.42 Å². The van der Waals surface area contributed by atoms with Gasteiger partial charge >= 0.3 is 21.7 Å². The van der Waals surface area contributed by atoms with Crippen LogP contribution in [0.15, 0.2) is 42.0 Å². The first kappa shape index (κ1) is 26.7. The first-order valence-corrected chi connectivity index (χ1v) is 6.82. The van der Waals surface area contributed by atoms with E-state index in [2.05, 4.69) is 56.7 Å². The molecule has 0 aliphatic heterocycles. The molecule has 122 valence electrons. The van der Waals surface area contributed by atoms with Crippen molar-refractivity contribution in [2.45, 2.75) is 46.6 Å². The summed E-state index contributed by atoms with van der Waals surface area (Å²) in [6.45, 7) is 9.81. The van der Waals surface area contributed by atoms with Gasteiger partial charge in [-0.2, -0.15) is 18.1 Å². The van der Waals surface area contributed by atoms with E-state index in [-0.39, 0.29) is 52.1 Å². The molecule has 1 N–H and O–H groups in total. The summed E-state index contributed by atoms with van der Waals surface area (Å²) in [4.78, 5) is 0. The zero-order valence-electron chi connectivity index (χ0n) is 14.0. The summed E-state index contributed by atoms with van der Waals surface area (Å²) in [6.07, 6.45) is 7.81. The van der Waals surface area contributed by atoms with Gasteiger partial charge in [0.1, 0.15) is 0 Å². The zero-order valence-corrected chi connectivity index (χ0v) is 17.1. The van der Waals surface area contributed by atoms with Gasteiger partial charge in [0.25, 0.3) is 0 Å². The van der Waals surface area contributed by atoms with Crippen molar-refractivity contribution in [1.82, 2.24) is 0 Å². The summed E-state index contributed by atoms with van der Waals surface area (Å²) in [7, 11) is 0. The Hall–Kier alpha value is -0.176. The maximum Gasteiger partial charge on any atom is 2.00 e. The molecule has 0 unspecified atom stereocenters. The summed E-state index contributed by atoms with van der Waals surface area (Å²) in [5.41, 5.74) is 12.2. The molecule has 22 heavy (non-hydrogen) atoms. The van der Waals surface area contributed by atoms with E-state index >= 15 is 0 Å². The molecule has 0 spiro atoms. The Morgan fingerprint density at radius 1 is 1.09 bits per heavy atom. The molecule has 0 radical (unpaired) electrons. The maximum absolute atomic E-state index is 6.94. The topological polar surface area (TPSA) is 23.8 Å². The molecular weight excluding hydrogens is 349 g/mol. The van der Waals surface area contributed by atoms with Crippen molar-refractivity contribution < 1.29 is 46.5 Å². The molecule has 1 nitrogen and oxygen atoms in total. The molecule has 0 heterocycles. The predicted octanol–water partition coefficient (Wildman–Crippen LogP) is -0.165. The largest absolute Gasteiger partial charge is 2.00 e. The Kier molecular flexibility index (Phi) is 14.9. The third-order valence-corrected chi connectivity index (χ3v) is 2.66. The Morgan fingerprint density at radius 3 is 2.00 bits per heavy atom. The standard InChI is InChI=1S/C14H15.C4H10N.2ClH.Ti/c1-3-12-6-4-5-7-14(12)13-9-8-11(2)10-13;1-4(2,3)5;;;/h3-8,10H,9H2,1-2H3;5H,1-3H3;2*1H;/q2*-1;;;+2/p-2. The van der Waals surface area contributed by atoms with Crippen LogP contribution >= 0.6 is 0 Å². The number of allylic oxidation sites excluding steroid dienone is 4. The number of benzene rings is 1. The minimum absolute atomic E-state index is 0. The minimum Gasteiger partial charge on any atom is -1.00 e. The Bertz CT molecular complexity index is 482. The predicted molar refractivity (Wildman–Crippen MR) is 85.9 cm³/mol. The number of halogens is 2. The third-order valence-electron chi connectivity index (χ3n) is 2.66. The van der Waals surface area contributed by atoms with E-state index in [0.717, 1.165) is 6.42 Å². The summed E-state index contributed by atoms with van der Waals surface area (Å²) >= 11 is 0. The SMILES string of the molecule is CC(C)(C)[NH-].C[CH-]c1ccccc1C1=CC(C)=CC1.[Cl-].[Cl-].[Ti+2]. The van der Waals surface area contributed by atoms with Crippen LogP contribution in [0.5, 0.6) is 0 Å². The van der Waals surface area contributed by atoms with Gasteiger partial charge in [-0.05, 0) is 13.3 Å². The Morgan fingerprint density at radius 2 is 1.59 bits per heavy atom. The fourth-order valence-electron chi connectivity index (χ4n) is 1.89. The van der Waals surface area contributed by atoms with Gasteiger partial charge in [0.05, 0.1) is 0 Å². The molecule has 4 heteroatoms. The second kappa shape index (κ2) is 12.3. The molecule has 0 saturated carbocycles. The Labute approximate surface area is 163 Å². The summed E-state index contributed by atoms with van der Waals surface area (Å²) in [5.74, 6) is 0. The van der Waals surface area contributed by atoms with Crippen molar-refractivity contribution in [3.05, 3.63) is 65.3 Å². The van der Waals surface area contributed by atoms with Crippen LogP contribution in [-0.4, -0.2) is 5.54 Å². The van der Waals surface area contributed by atoms with Gasteiger partial charge in [-0.25, -0.2) is 0 Å². The average Bonchev–Trinajstić information content (AvgIpc) is 2.73. The molecule has 0 atom stereocenters. The molecule has 0 amide bonds. The second-order valence-corrected chi connectivity index (χ2v) is 5.95. The van der Waals surface area contributed by atoms with E-state index in [1.165, 1.54) is 22.3 Å². The molecule has 0 bridgehead atoms. The maximum atomic E-state index is 6.94. The molecule has 0 fully saturated rings. The van der Waals surface area contributed by atoms with Crippen molar-refractivity contribution in [2.75, 3.05) is 0 Å². The van der Waals surface area contributed by atoms with Gasteiger partial charge in [-0.15, -0.1) is 23.2 Å². The third kappa shape index (κ3) is 10.5. The van der Waals surface area contributed by atoms with Crippen molar-refractivity contribution >= 4 is 5.57 Å². The molecule has 1 aromatic rings. The van der Waals surface area contributed by atoms with Gasteiger partial charge in [0.2, 0.25) is 0 Å². The summed E-state index contributed by atoms with van der Waals surface area (Å²) in [5, 5.41) is 0. The van der Waals surface area contributed by atoms with E-state index in [1.807, 2.05) is 20.8 Å². The van der Waals surface area contributed by atoms with Gasteiger partial charge < -0.3 is 30.5 Å². The molecular formula is C18H25Cl2NTi-2. The molecule has 1 aromatic carbocycles. The van der Waals surface area contributed by atoms with Crippen LogP contribution in [0.25, 0.3) is 11.3 Å². The van der Waals surface area contributed by atoms with E-state index in [9.17, 15) is 0 Å². The molecule has 0 saturated heterocycles. The van der Waals surface area contributed by atoms with Crippen LogP contribution < -0.4 is 24.8 Å². The number of nitrogens with one attached hydrogen (secondary N) is 1. The first-order chi connectivity index (χ1) is 8.81.